The summed E-state index contributed by atoms with van der Waals surface area (Å²) in [6, 6.07) is 1.60. The van der Waals surface area contributed by atoms with Crippen LogP contribution >= 0.6 is 11.6 Å². The molecule has 3 N–H and O–H groups in total. The maximum absolute atomic E-state index is 13.1. The Morgan fingerprint density at radius 3 is 2.74 bits per heavy atom. The third kappa shape index (κ3) is 3.04. The molecule has 1 saturated carbocycles. The Hall–Kier alpha value is -1.20. The van der Waals surface area contributed by atoms with Crippen molar-refractivity contribution >= 4 is 17.5 Å². The number of hydrogen-bond donors (Lipinski definition) is 2. The fourth-order valence-electron chi connectivity index (χ4n) is 2.45. The number of nitrogens with one attached hydrogen (secondary N) is 1. The van der Waals surface area contributed by atoms with E-state index in [1.807, 2.05) is 0 Å². The van der Waals surface area contributed by atoms with Gasteiger partial charge in [0.15, 0.2) is 11.6 Å². The Morgan fingerprint density at radius 1 is 1.37 bits per heavy atom. The molecule has 0 bridgehead atoms. The SMILES string of the molecule is NCC1CCCC1NC(=O)c1cc(F)c(F)cc1Cl. The molecular weight excluding hydrogens is 274 g/mol. The fraction of sp³-hybridized carbons (Fsp3) is 0.462. The number of halogens is 3. The lowest BCUT2D eigenvalue weighted by Crippen LogP contribution is -2.40. The van der Waals surface area contributed by atoms with Crippen molar-refractivity contribution in [2.24, 2.45) is 11.7 Å². The van der Waals surface area contributed by atoms with Gasteiger partial charge in [-0.25, -0.2) is 8.78 Å². The van der Waals surface area contributed by atoms with Gasteiger partial charge in [-0.15, -0.1) is 0 Å². The number of carbonyl (C=O) groups excluding carboxylic acids is 1. The average Bonchev–Trinajstić information content (AvgIpc) is 2.80. The molecular formula is C13H15ClF2N2O. The van der Waals surface area contributed by atoms with Crippen LogP contribution in [-0.2, 0) is 0 Å². The molecule has 6 heteroatoms. The Kier molecular flexibility index (Phi) is 4.37. The van der Waals surface area contributed by atoms with Crippen LogP contribution in [0, 0.1) is 17.6 Å². The molecule has 1 aromatic carbocycles. The van der Waals surface area contributed by atoms with Gasteiger partial charge in [-0.05, 0) is 37.4 Å². The van der Waals surface area contributed by atoms with Crippen molar-refractivity contribution in [3.63, 3.8) is 0 Å². The smallest absolute Gasteiger partial charge is 0.253 e. The molecule has 2 unspecified atom stereocenters. The molecule has 0 heterocycles. The van der Waals surface area contributed by atoms with E-state index in [4.69, 9.17) is 17.3 Å². The van der Waals surface area contributed by atoms with Gasteiger partial charge in [0.25, 0.3) is 5.91 Å². The molecule has 104 valence electrons. The van der Waals surface area contributed by atoms with E-state index in [9.17, 15) is 13.6 Å². The summed E-state index contributed by atoms with van der Waals surface area (Å²) in [7, 11) is 0. The predicted octanol–water partition coefficient (Wildman–Crippen LogP) is 2.48. The second kappa shape index (κ2) is 5.84. The van der Waals surface area contributed by atoms with Crippen molar-refractivity contribution in [3.05, 3.63) is 34.4 Å². The van der Waals surface area contributed by atoms with E-state index in [1.165, 1.54) is 0 Å². The number of nitrogens with two attached hydrogens (primary N) is 1. The van der Waals surface area contributed by atoms with Gasteiger partial charge in [0.05, 0.1) is 10.6 Å². The molecule has 1 fully saturated rings. The number of carbonyl (C=O) groups is 1. The third-order valence-electron chi connectivity index (χ3n) is 3.53. The van der Waals surface area contributed by atoms with Crippen LogP contribution in [0.2, 0.25) is 5.02 Å². The maximum Gasteiger partial charge on any atom is 0.253 e. The normalized spacial score (nSPS) is 22.5. The van der Waals surface area contributed by atoms with Gasteiger partial charge in [-0.3, -0.25) is 4.79 Å². The highest BCUT2D eigenvalue weighted by Gasteiger charge is 2.28. The summed E-state index contributed by atoms with van der Waals surface area (Å²) in [5, 5.41) is 2.69. The minimum Gasteiger partial charge on any atom is -0.349 e. The molecule has 1 aliphatic rings. The van der Waals surface area contributed by atoms with Crippen LogP contribution < -0.4 is 11.1 Å². The van der Waals surface area contributed by atoms with Gasteiger partial charge < -0.3 is 11.1 Å². The van der Waals surface area contributed by atoms with Gasteiger partial charge in [0.1, 0.15) is 0 Å². The van der Waals surface area contributed by atoms with Crippen LogP contribution in [0.1, 0.15) is 29.6 Å². The molecule has 0 radical (unpaired) electrons. The highest BCUT2D eigenvalue weighted by molar-refractivity contribution is 6.33. The standard InChI is InChI=1S/C13H15ClF2N2O/c14-9-5-11(16)10(15)4-8(9)13(19)18-12-3-1-2-7(12)6-17/h4-5,7,12H,1-3,6,17H2,(H,18,19). The van der Waals surface area contributed by atoms with E-state index in [2.05, 4.69) is 5.32 Å². The maximum atomic E-state index is 13.1. The number of benzene rings is 1. The van der Waals surface area contributed by atoms with E-state index in [0.29, 0.717) is 6.54 Å². The Balaban J connectivity index is 2.14. The summed E-state index contributed by atoms with van der Waals surface area (Å²) >= 11 is 5.76. The summed E-state index contributed by atoms with van der Waals surface area (Å²) in [5.74, 6) is -2.42. The summed E-state index contributed by atoms with van der Waals surface area (Å²) in [4.78, 5) is 12.0. The zero-order valence-corrected chi connectivity index (χ0v) is 11.0. The summed E-state index contributed by atoms with van der Waals surface area (Å²) in [6.07, 6.45) is 2.81. The van der Waals surface area contributed by atoms with Crippen molar-refractivity contribution in [2.75, 3.05) is 6.54 Å². The Labute approximate surface area is 115 Å². The molecule has 0 saturated heterocycles. The number of rotatable bonds is 3. The summed E-state index contributed by atoms with van der Waals surface area (Å²) in [5.41, 5.74) is 5.57. The first kappa shape index (κ1) is 14.2. The molecule has 0 spiro atoms. The quantitative estimate of drug-likeness (QED) is 0.840. The average molecular weight is 289 g/mol. The zero-order chi connectivity index (χ0) is 14.0. The monoisotopic (exact) mass is 288 g/mol. The van der Waals surface area contributed by atoms with E-state index in [-0.39, 0.29) is 22.5 Å². The van der Waals surface area contributed by atoms with Crippen LogP contribution in [-0.4, -0.2) is 18.5 Å². The molecule has 2 rings (SSSR count). The van der Waals surface area contributed by atoms with Gasteiger partial charge in [-0.2, -0.15) is 0 Å². The predicted molar refractivity (Wildman–Crippen MR) is 69.0 cm³/mol. The zero-order valence-electron chi connectivity index (χ0n) is 10.3. The third-order valence-corrected chi connectivity index (χ3v) is 3.85. The van der Waals surface area contributed by atoms with Crippen LogP contribution in [0.25, 0.3) is 0 Å². The van der Waals surface area contributed by atoms with E-state index < -0.39 is 17.5 Å². The first-order valence-electron chi connectivity index (χ1n) is 6.18. The highest BCUT2D eigenvalue weighted by Crippen LogP contribution is 2.26. The van der Waals surface area contributed by atoms with Crippen molar-refractivity contribution in [1.82, 2.24) is 5.32 Å². The highest BCUT2D eigenvalue weighted by atomic mass is 35.5. The lowest BCUT2D eigenvalue weighted by atomic mass is 10.0. The topological polar surface area (TPSA) is 55.1 Å². The molecule has 3 nitrogen and oxygen atoms in total. The molecule has 2 atom stereocenters. The van der Waals surface area contributed by atoms with Gasteiger partial charge >= 0.3 is 0 Å². The molecule has 0 aliphatic heterocycles. The van der Waals surface area contributed by atoms with Gasteiger partial charge in [0.2, 0.25) is 0 Å². The number of amides is 1. The van der Waals surface area contributed by atoms with Crippen LogP contribution in [0.4, 0.5) is 8.78 Å². The lowest BCUT2D eigenvalue weighted by Gasteiger charge is -2.19. The second-order valence-corrected chi connectivity index (χ2v) is 5.16. The lowest BCUT2D eigenvalue weighted by molar-refractivity contribution is 0.0928. The second-order valence-electron chi connectivity index (χ2n) is 4.75. The van der Waals surface area contributed by atoms with Crippen LogP contribution in [0.3, 0.4) is 0 Å². The van der Waals surface area contributed by atoms with E-state index in [1.54, 1.807) is 0 Å². The van der Waals surface area contributed by atoms with E-state index in [0.717, 1.165) is 31.4 Å². The van der Waals surface area contributed by atoms with Gasteiger partial charge in [0, 0.05) is 6.04 Å². The van der Waals surface area contributed by atoms with E-state index >= 15 is 0 Å². The minimum absolute atomic E-state index is 0.0262. The Bertz CT molecular complexity index is 496. The molecule has 0 aromatic heterocycles. The number of hydrogen-bond acceptors (Lipinski definition) is 2. The molecule has 1 aliphatic carbocycles. The molecule has 1 amide bonds. The molecule has 19 heavy (non-hydrogen) atoms. The van der Waals surface area contributed by atoms with Gasteiger partial charge in [-0.1, -0.05) is 18.0 Å². The van der Waals surface area contributed by atoms with Crippen LogP contribution in [0.5, 0.6) is 0 Å². The van der Waals surface area contributed by atoms with Crippen molar-refractivity contribution < 1.29 is 13.6 Å². The van der Waals surface area contributed by atoms with Crippen molar-refractivity contribution in [1.29, 1.82) is 0 Å². The summed E-state index contributed by atoms with van der Waals surface area (Å²) < 4.78 is 26.1. The first-order valence-corrected chi connectivity index (χ1v) is 6.56. The van der Waals surface area contributed by atoms with Crippen molar-refractivity contribution in [2.45, 2.75) is 25.3 Å². The summed E-state index contributed by atoms with van der Waals surface area (Å²) in [6.45, 7) is 0.496. The van der Waals surface area contributed by atoms with Crippen molar-refractivity contribution in [3.8, 4) is 0 Å². The fourth-order valence-corrected chi connectivity index (χ4v) is 2.69. The minimum atomic E-state index is -1.09. The van der Waals surface area contributed by atoms with Crippen LogP contribution in [0.15, 0.2) is 12.1 Å². The largest absolute Gasteiger partial charge is 0.349 e. The molecule has 1 aromatic rings. The Morgan fingerprint density at radius 2 is 2.05 bits per heavy atom. The first-order chi connectivity index (χ1) is 9.02.